The molecule has 0 bridgehead atoms. The predicted octanol–water partition coefficient (Wildman–Crippen LogP) is 1.13. The zero-order valence-electron chi connectivity index (χ0n) is 6.87. The van der Waals surface area contributed by atoms with Gasteiger partial charge >= 0.3 is 0 Å². The van der Waals surface area contributed by atoms with Crippen LogP contribution < -0.4 is 5.73 Å². The maximum Gasteiger partial charge on any atom is 0.0619 e. The van der Waals surface area contributed by atoms with Crippen molar-refractivity contribution < 1.29 is 9.32 Å². The lowest BCUT2D eigenvalue weighted by Gasteiger charge is -2.04. The van der Waals surface area contributed by atoms with Gasteiger partial charge in [-0.3, -0.25) is 4.21 Å². The Kier molecular flexibility index (Phi) is 3.90. The standard InChI is InChI=1S/C8H10BrNO2S/c9-6-1-2-8(7(10)5-6)13(12)4-3-11/h1-2,5,11H,3-4,10H2. The summed E-state index contributed by atoms with van der Waals surface area (Å²) in [5, 5.41) is 8.60. The monoisotopic (exact) mass is 263 g/mol. The number of aliphatic hydroxyl groups excluding tert-OH is 1. The molecule has 72 valence electrons. The third-order valence-corrected chi connectivity index (χ3v) is 3.40. The normalized spacial score (nSPS) is 12.8. The van der Waals surface area contributed by atoms with Crippen LogP contribution in [-0.4, -0.2) is 21.7 Å². The van der Waals surface area contributed by atoms with Crippen molar-refractivity contribution in [3.8, 4) is 0 Å². The van der Waals surface area contributed by atoms with E-state index < -0.39 is 10.8 Å². The van der Waals surface area contributed by atoms with E-state index >= 15 is 0 Å². The molecule has 3 N–H and O–H groups in total. The molecule has 0 saturated carbocycles. The molecule has 3 nitrogen and oxygen atoms in total. The van der Waals surface area contributed by atoms with Gasteiger partial charge in [-0.05, 0) is 18.2 Å². The van der Waals surface area contributed by atoms with Gasteiger partial charge in [-0.15, -0.1) is 0 Å². The quantitative estimate of drug-likeness (QED) is 0.804. The summed E-state index contributed by atoms with van der Waals surface area (Å²) in [7, 11) is -1.20. The number of hydrogen-bond acceptors (Lipinski definition) is 3. The molecule has 0 heterocycles. The Morgan fingerprint density at radius 1 is 1.54 bits per heavy atom. The van der Waals surface area contributed by atoms with Crippen molar-refractivity contribution in [1.82, 2.24) is 0 Å². The van der Waals surface area contributed by atoms with Crippen LogP contribution in [0.2, 0.25) is 0 Å². The topological polar surface area (TPSA) is 63.3 Å². The number of anilines is 1. The number of benzene rings is 1. The fourth-order valence-corrected chi connectivity index (χ4v) is 2.23. The zero-order valence-corrected chi connectivity index (χ0v) is 9.27. The molecule has 0 saturated heterocycles. The zero-order chi connectivity index (χ0) is 9.84. The predicted molar refractivity (Wildman–Crippen MR) is 56.9 cm³/mol. The Morgan fingerprint density at radius 3 is 2.77 bits per heavy atom. The average molecular weight is 264 g/mol. The highest BCUT2D eigenvalue weighted by Gasteiger charge is 2.06. The first kappa shape index (κ1) is 10.7. The number of nitrogen functional groups attached to an aromatic ring is 1. The first-order valence-corrected chi connectivity index (χ1v) is 5.80. The molecule has 1 atom stereocenters. The van der Waals surface area contributed by atoms with Crippen molar-refractivity contribution >= 4 is 32.4 Å². The molecule has 1 unspecified atom stereocenters. The highest BCUT2D eigenvalue weighted by molar-refractivity contribution is 9.10. The Labute approximate surface area is 87.5 Å². The molecule has 0 aromatic heterocycles. The van der Waals surface area contributed by atoms with Gasteiger partial charge in [-0.2, -0.15) is 0 Å². The van der Waals surface area contributed by atoms with Crippen LogP contribution in [0.15, 0.2) is 27.6 Å². The van der Waals surface area contributed by atoms with E-state index in [1.165, 1.54) is 0 Å². The molecule has 1 aromatic carbocycles. The first-order chi connectivity index (χ1) is 6.15. The summed E-state index contributed by atoms with van der Waals surface area (Å²) in [5.74, 6) is 0.228. The molecular weight excluding hydrogens is 254 g/mol. The second-order valence-corrected chi connectivity index (χ2v) is 4.91. The lowest BCUT2D eigenvalue weighted by molar-refractivity contribution is 0.321. The first-order valence-electron chi connectivity index (χ1n) is 3.69. The minimum absolute atomic E-state index is 0.0951. The van der Waals surface area contributed by atoms with Crippen LogP contribution in [0.25, 0.3) is 0 Å². The van der Waals surface area contributed by atoms with E-state index in [4.69, 9.17) is 10.8 Å². The van der Waals surface area contributed by atoms with Crippen molar-refractivity contribution in [2.45, 2.75) is 4.90 Å². The summed E-state index contributed by atoms with van der Waals surface area (Å²) in [6.07, 6.45) is 0. The van der Waals surface area contributed by atoms with Gasteiger partial charge in [0.25, 0.3) is 0 Å². The van der Waals surface area contributed by atoms with E-state index in [0.29, 0.717) is 10.6 Å². The van der Waals surface area contributed by atoms with E-state index in [2.05, 4.69) is 15.9 Å². The van der Waals surface area contributed by atoms with Gasteiger partial charge in [0.2, 0.25) is 0 Å². The fourth-order valence-electron chi connectivity index (χ4n) is 0.920. The minimum Gasteiger partial charge on any atom is -0.398 e. The summed E-state index contributed by atoms with van der Waals surface area (Å²) in [5.41, 5.74) is 6.14. The molecule has 0 amide bonds. The third kappa shape index (κ3) is 2.79. The SMILES string of the molecule is Nc1cc(Br)ccc1S(=O)CCO. The van der Waals surface area contributed by atoms with Crippen LogP contribution in [-0.2, 0) is 10.8 Å². The van der Waals surface area contributed by atoms with Gasteiger partial charge in [0, 0.05) is 10.2 Å². The van der Waals surface area contributed by atoms with E-state index in [9.17, 15) is 4.21 Å². The van der Waals surface area contributed by atoms with Crippen LogP contribution in [0.3, 0.4) is 0 Å². The van der Waals surface area contributed by atoms with E-state index in [0.717, 1.165) is 4.47 Å². The van der Waals surface area contributed by atoms with Gasteiger partial charge in [0.05, 0.1) is 28.1 Å². The number of aliphatic hydroxyl groups is 1. The molecule has 0 radical (unpaired) electrons. The molecule has 1 aromatic rings. The average Bonchev–Trinajstić information content (AvgIpc) is 2.04. The van der Waals surface area contributed by atoms with Crippen LogP contribution in [0, 0.1) is 0 Å². The third-order valence-electron chi connectivity index (χ3n) is 1.49. The summed E-state index contributed by atoms with van der Waals surface area (Å²) in [6, 6.07) is 5.18. The summed E-state index contributed by atoms with van der Waals surface area (Å²) < 4.78 is 12.3. The number of halogens is 1. The van der Waals surface area contributed by atoms with Crippen LogP contribution >= 0.6 is 15.9 Å². The van der Waals surface area contributed by atoms with E-state index in [1.54, 1.807) is 18.2 Å². The van der Waals surface area contributed by atoms with E-state index in [-0.39, 0.29) is 12.4 Å². The Hall–Kier alpha value is -0.390. The van der Waals surface area contributed by atoms with Crippen molar-refractivity contribution in [3.05, 3.63) is 22.7 Å². The van der Waals surface area contributed by atoms with Crippen molar-refractivity contribution in [2.24, 2.45) is 0 Å². The summed E-state index contributed by atoms with van der Waals surface area (Å²) >= 11 is 3.26. The largest absolute Gasteiger partial charge is 0.398 e. The van der Waals surface area contributed by atoms with Crippen molar-refractivity contribution in [1.29, 1.82) is 0 Å². The smallest absolute Gasteiger partial charge is 0.0619 e. The number of rotatable bonds is 3. The molecule has 0 aliphatic rings. The lowest BCUT2D eigenvalue weighted by atomic mass is 10.3. The number of nitrogens with two attached hydrogens (primary N) is 1. The molecule has 0 aliphatic heterocycles. The molecule has 5 heteroatoms. The van der Waals surface area contributed by atoms with Crippen molar-refractivity contribution in [2.75, 3.05) is 18.1 Å². The van der Waals surface area contributed by atoms with Gasteiger partial charge < -0.3 is 10.8 Å². The van der Waals surface area contributed by atoms with Gasteiger partial charge in [0.15, 0.2) is 0 Å². The Balaban J connectivity index is 2.95. The fraction of sp³-hybridized carbons (Fsp3) is 0.250. The summed E-state index contributed by atoms with van der Waals surface area (Å²) in [6.45, 7) is -0.0951. The summed E-state index contributed by atoms with van der Waals surface area (Å²) in [4.78, 5) is 0.581. The second kappa shape index (κ2) is 4.74. The van der Waals surface area contributed by atoms with Crippen LogP contribution in [0.1, 0.15) is 0 Å². The molecule has 13 heavy (non-hydrogen) atoms. The minimum atomic E-state index is -1.20. The lowest BCUT2D eigenvalue weighted by Crippen LogP contribution is -2.04. The van der Waals surface area contributed by atoms with E-state index in [1.807, 2.05) is 0 Å². The number of hydrogen-bond donors (Lipinski definition) is 2. The van der Waals surface area contributed by atoms with Gasteiger partial charge in [0.1, 0.15) is 0 Å². The van der Waals surface area contributed by atoms with Gasteiger partial charge in [-0.25, -0.2) is 0 Å². The Morgan fingerprint density at radius 2 is 2.23 bits per heavy atom. The highest BCUT2D eigenvalue weighted by atomic mass is 79.9. The van der Waals surface area contributed by atoms with Crippen LogP contribution in [0.4, 0.5) is 5.69 Å². The molecule has 0 aliphatic carbocycles. The molecule has 0 fully saturated rings. The molecule has 0 spiro atoms. The van der Waals surface area contributed by atoms with Crippen LogP contribution in [0.5, 0.6) is 0 Å². The highest BCUT2D eigenvalue weighted by Crippen LogP contribution is 2.21. The second-order valence-electron chi connectivity index (χ2n) is 2.46. The molecule has 1 rings (SSSR count). The maximum absolute atomic E-state index is 11.4. The maximum atomic E-state index is 11.4. The Bertz CT molecular complexity index is 330. The molecular formula is C8H10BrNO2S. The van der Waals surface area contributed by atoms with Gasteiger partial charge in [-0.1, -0.05) is 15.9 Å². The van der Waals surface area contributed by atoms with Crippen molar-refractivity contribution in [3.63, 3.8) is 0 Å².